The van der Waals surface area contributed by atoms with Crippen molar-refractivity contribution in [3.63, 3.8) is 0 Å². The molecule has 2 aromatic rings. The van der Waals surface area contributed by atoms with Gasteiger partial charge in [-0.3, -0.25) is 0 Å². The van der Waals surface area contributed by atoms with Gasteiger partial charge in [0, 0.05) is 10.0 Å². The molecule has 0 spiro atoms. The number of ether oxygens (including phenoxy) is 2. The fraction of sp³-hybridized carbons (Fsp3) is 0.188. The van der Waals surface area contributed by atoms with Gasteiger partial charge < -0.3 is 15.2 Å². The Labute approximate surface area is 150 Å². The number of nitrogen functional groups attached to an aromatic ring is 1. The maximum absolute atomic E-state index is 12.2. The van der Waals surface area contributed by atoms with Gasteiger partial charge in [0.2, 0.25) is 0 Å². The Morgan fingerprint density at radius 1 is 1.29 bits per heavy atom. The van der Waals surface area contributed by atoms with Gasteiger partial charge in [0.1, 0.15) is 22.6 Å². The first-order chi connectivity index (χ1) is 11.5. The van der Waals surface area contributed by atoms with E-state index >= 15 is 0 Å². The molecule has 0 unspecified atom stereocenters. The number of nitrogens with two attached hydrogens (primary N) is 1. The Kier molecular flexibility index (Phi) is 5.95. The van der Waals surface area contributed by atoms with E-state index in [1.165, 1.54) is 0 Å². The van der Waals surface area contributed by atoms with Crippen LogP contribution in [-0.4, -0.2) is 18.5 Å². The van der Waals surface area contributed by atoms with E-state index in [0.717, 1.165) is 11.3 Å². The van der Waals surface area contributed by atoms with Gasteiger partial charge >= 0.3 is 11.9 Å². The molecule has 0 aliphatic rings. The molecule has 2 N–H and O–H groups in total. The smallest absolute Gasteiger partial charge is 0.348 e. The number of carbonyl (C=O) groups is 2. The van der Waals surface area contributed by atoms with E-state index in [1.54, 1.807) is 31.2 Å². The summed E-state index contributed by atoms with van der Waals surface area (Å²) < 4.78 is 10.8. The van der Waals surface area contributed by atoms with Crippen LogP contribution in [0.2, 0.25) is 0 Å². The summed E-state index contributed by atoms with van der Waals surface area (Å²) in [6, 6.07) is 8.72. The predicted octanol–water partition coefficient (Wildman–Crippen LogP) is 3.50. The second kappa shape index (κ2) is 7.95. The number of esters is 2. The summed E-state index contributed by atoms with van der Waals surface area (Å²) in [5.41, 5.74) is 6.50. The SMILES string of the molecule is CCOC(=O)c1sc(N)c(C#N)c1COC(=O)c1ccccc1Br. The molecule has 0 aliphatic carbocycles. The van der Waals surface area contributed by atoms with E-state index in [0.29, 0.717) is 10.0 Å². The number of rotatable bonds is 5. The molecule has 124 valence electrons. The molecule has 8 heteroatoms. The number of thiophene rings is 1. The third-order valence-electron chi connectivity index (χ3n) is 3.05. The van der Waals surface area contributed by atoms with Crippen LogP contribution in [0.25, 0.3) is 0 Å². The zero-order valence-electron chi connectivity index (χ0n) is 12.7. The molecule has 0 bridgehead atoms. The van der Waals surface area contributed by atoms with Crippen molar-refractivity contribution in [1.82, 2.24) is 0 Å². The molecule has 1 heterocycles. The Hall–Kier alpha value is -2.37. The fourth-order valence-corrected chi connectivity index (χ4v) is 3.31. The van der Waals surface area contributed by atoms with Crippen molar-refractivity contribution in [2.75, 3.05) is 12.3 Å². The summed E-state index contributed by atoms with van der Waals surface area (Å²) in [4.78, 5) is 24.3. The zero-order valence-corrected chi connectivity index (χ0v) is 15.1. The van der Waals surface area contributed by atoms with E-state index in [9.17, 15) is 14.9 Å². The molecule has 6 nitrogen and oxygen atoms in total. The highest BCUT2D eigenvalue weighted by Gasteiger charge is 2.24. The van der Waals surface area contributed by atoms with E-state index in [-0.39, 0.29) is 34.2 Å². The van der Waals surface area contributed by atoms with Crippen LogP contribution in [0.3, 0.4) is 0 Å². The number of anilines is 1. The number of nitriles is 1. The third-order valence-corrected chi connectivity index (χ3v) is 4.78. The van der Waals surface area contributed by atoms with Crippen LogP contribution < -0.4 is 5.73 Å². The number of hydrogen-bond donors (Lipinski definition) is 1. The van der Waals surface area contributed by atoms with Crippen molar-refractivity contribution in [1.29, 1.82) is 5.26 Å². The molecule has 0 saturated carbocycles. The summed E-state index contributed by atoms with van der Waals surface area (Å²) in [5, 5.41) is 9.41. The summed E-state index contributed by atoms with van der Waals surface area (Å²) in [6.45, 7) is 1.62. The van der Waals surface area contributed by atoms with Gasteiger partial charge in [-0.15, -0.1) is 11.3 Å². The standard InChI is InChI=1S/C16H13BrN2O4S/c1-2-22-16(21)13-11(10(7-18)14(19)24-13)8-23-15(20)9-5-3-4-6-12(9)17/h3-6H,2,8,19H2,1H3. The molecule has 1 aromatic heterocycles. The largest absolute Gasteiger partial charge is 0.462 e. The van der Waals surface area contributed by atoms with E-state index in [4.69, 9.17) is 15.2 Å². The van der Waals surface area contributed by atoms with Gasteiger partial charge in [0.05, 0.1) is 17.7 Å². The average molecular weight is 409 g/mol. The fourth-order valence-electron chi connectivity index (χ4n) is 1.95. The number of benzene rings is 1. The summed E-state index contributed by atoms with van der Waals surface area (Å²) in [5.74, 6) is -1.17. The first-order valence-electron chi connectivity index (χ1n) is 6.89. The van der Waals surface area contributed by atoms with E-state index in [2.05, 4.69) is 15.9 Å². The van der Waals surface area contributed by atoms with Crippen LogP contribution >= 0.6 is 27.3 Å². The lowest BCUT2D eigenvalue weighted by molar-refractivity contribution is 0.0452. The molecule has 0 atom stereocenters. The highest BCUT2D eigenvalue weighted by Crippen LogP contribution is 2.32. The van der Waals surface area contributed by atoms with Crippen molar-refractivity contribution in [2.45, 2.75) is 13.5 Å². The maximum atomic E-state index is 12.2. The van der Waals surface area contributed by atoms with Gasteiger partial charge in [-0.25, -0.2) is 9.59 Å². The molecule has 0 saturated heterocycles. The second-order valence-corrected chi connectivity index (χ2v) is 6.44. The van der Waals surface area contributed by atoms with Crippen LogP contribution in [0.1, 0.15) is 38.1 Å². The minimum Gasteiger partial charge on any atom is -0.462 e. The van der Waals surface area contributed by atoms with Crippen LogP contribution in [0.15, 0.2) is 28.7 Å². The second-order valence-electron chi connectivity index (χ2n) is 4.54. The Morgan fingerprint density at radius 2 is 2.00 bits per heavy atom. The summed E-state index contributed by atoms with van der Waals surface area (Å²) >= 11 is 4.21. The highest BCUT2D eigenvalue weighted by molar-refractivity contribution is 9.10. The number of hydrogen-bond acceptors (Lipinski definition) is 7. The summed E-state index contributed by atoms with van der Waals surface area (Å²) in [6.07, 6.45) is 0. The van der Waals surface area contributed by atoms with E-state index < -0.39 is 11.9 Å². The monoisotopic (exact) mass is 408 g/mol. The average Bonchev–Trinajstić information content (AvgIpc) is 2.89. The number of carbonyl (C=O) groups excluding carboxylic acids is 2. The van der Waals surface area contributed by atoms with Crippen molar-refractivity contribution in [3.8, 4) is 6.07 Å². The minimum absolute atomic E-state index is 0.128. The van der Waals surface area contributed by atoms with Gasteiger partial charge in [-0.2, -0.15) is 5.26 Å². The van der Waals surface area contributed by atoms with Crippen molar-refractivity contribution in [2.24, 2.45) is 0 Å². The number of halogens is 1. The van der Waals surface area contributed by atoms with E-state index in [1.807, 2.05) is 6.07 Å². The molecular weight excluding hydrogens is 396 g/mol. The Bertz CT molecular complexity index is 826. The molecule has 24 heavy (non-hydrogen) atoms. The summed E-state index contributed by atoms with van der Waals surface area (Å²) in [7, 11) is 0. The molecule has 0 fully saturated rings. The Morgan fingerprint density at radius 3 is 2.62 bits per heavy atom. The normalized spacial score (nSPS) is 10.0. The maximum Gasteiger partial charge on any atom is 0.348 e. The van der Waals surface area contributed by atoms with Crippen molar-refractivity contribution < 1.29 is 19.1 Å². The van der Waals surface area contributed by atoms with Crippen molar-refractivity contribution in [3.05, 3.63) is 50.3 Å². The van der Waals surface area contributed by atoms with Crippen LogP contribution in [-0.2, 0) is 16.1 Å². The molecule has 0 amide bonds. The zero-order chi connectivity index (χ0) is 17.7. The highest BCUT2D eigenvalue weighted by atomic mass is 79.9. The van der Waals surface area contributed by atoms with Gasteiger partial charge in [0.25, 0.3) is 0 Å². The quantitative estimate of drug-likeness (QED) is 0.759. The van der Waals surface area contributed by atoms with Crippen LogP contribution in [0.5, 0.6) is 0 Å². The topological polar surface area (TPSA) is 102 Å². The van der Waals surface area contributed by atoms with Gasteiger partial charge in [0.15, 0.2) is 0 Å². The first kappa shape index (κ1) is 18.0. The lowest BCUT2D eigenvalue weighted by atomic mass is 10.1. The van der Waals surface area contributed by atoms with Gasteiger partial charge in [-0.1, -0.05) is 12.1 Å². The molecule has 0 aliphatic heterocycles. The van der Waals surface area contributed by atoms with Gasteiger partial charge in [-0.05, 0) is 35.0 Å². The molecule has 2 rings (SSSR count). The van der Waals surface area contributed by atoms with Crippen LogP contribution in [0, 0.1) is 11.3 Å². The molecule has 1 aromatic carbocycles. The minimum atomic E-state index is -0.595. The third kappa shape index (κ3) is 3.75. The Balaban J connectivity index is 2.26. The number of nitrogens with zero attached hydrogens (tertiary/aromatic N) is 1. The molecule has 0 radical (unpaired) electrons. The predicted molar refractivity (Wildman–Crippen MR) is 92.7 cm³/mol. The first-order valence-corrected chi connectivity index (χ1v) is 8.50. The lowest BCUT2D eigenvalue weighted by Crippen LogP contribution is -2.10. The lowest BCUT2D eigenvalue weighted by Gasteiger charge is -2.07. The molecular formula is C16H13BrN2O4S. The van der Waals surface area contributed by atoms with Crippen molar-refractivity contribution >= 4 is 44.2 Å². The van der Waals surface area contributed by atoms with Crippen LogP contribution in [0.4, 0.5) is 5.00 Å².